The molecule has 134 valence electrons. The summed E-state index contributed by atoms with van der Waals surface area (Å²) in [6.45, 7) is 3.63. The average molecular weight is 362 g/mol. The van der Waals surface area contributed by atoms with Crippen molar-refractivity contribution in [3.05, 3.63) is 54.1 Å². The first-order valence-corrected chi connectivity index (χ1v) is 9.21. The summed E-state index contributed by atoms with van der Waals surface area (Å²) in [6, 6.07) is 13.4. The van der Waals surface area contributed by atoms with Crippen molar-refractivity contribution in [3.8, 4) is 5.75 Å². The third-order valence-corrected chi connectivity index (χ3v) is 5.43. The predicted molar refractivity (Wildman–Crippen MR) is 97.2 cm³/mol. The van der Waals surface area contributed by atoms with Crippen LogP contribution in [0.3, 0.4) is 0 Å². The van der Waals surface area contributed by atoms with Gasteiger partial charge in [-0.05, 0) is 50.2 Å². The number of hydrogen-bond donors (Lipinski definition) is 1. The Bertz CT molecular complexity index is 828. The van der Waals surface area contributed by atoms with Gasteiger partial charge in [0.05, 0.1) is 4.90 Å². The van der Waals surface area contributed by atoms with Crippen LogP contribution < -0.4 is 10.1 Å². The van der Waals surface area contributed by atoms with Crippen molar-refractivity contribution in [2.45, 2.75) is 24.8 Å². The summed E-state index contributed by atoms with van der Waals surface area (Å²) in [6.07, 6.45) is -0.687. The summed E-state index contributed by atoms with van der Waals surface area (Å²) in [5.41, 5.74) is 1.61. The molecular formula is C18H22N2O4S. The zero-order valence-corrected chi connectivity index (χ0v) is 15.5. The second-order valence-corrected chi connectivity index (χ2v) is 8.03. The van der Waals surface area contributed by atoms with Gasteiger partial charge in [0.25, 0.3) is 5.91 Å². The third kappa shape index (κ3) is 4.80. The van der Waals surface area contributed by atoms with Gasteiger partial charge in [0.15, 0.2) is 6.10 Å². The first-order valence-electron chi connectivity index (χ1n) is 7.77. The highest BCUT2D eigenvalue weighted by Crippen LogP contribution is 2.18. The molecule has 0 bridgehead atoms. The number of nitrogens with one attached hydrogen (secondary N) is 1. The van der Waals surface area contributed by atoms with E-state index in [1.807, 2.05) is 19.1 Å². The van der Waals surface area contributed by atoms with Crippen molar-refractivity contribution in [2.75, 3.05) is 19.4 Å². The minimum absolute atomic E-state index is 0.166. The summed E-state index contributed by atoms with van der Waals surface area (Å²) in [7, 11) is -0.552. The van der Waals surface area contributed by atoms with Crippen molar-refractivity contribution in [1.82, 2.24) is 4.31 Å². The Morgan fingerprint density at radius 3 is 2.12 bits per heavy atom. The summed E-state index contributed by atoms with van der Waals surface area (Å²) in [5, 5.41) is 2.71. The van der Waals surface area contributed by atoms with Crippen molar-refractivity contribution < 1.29 is 17.9 Å². The fourth-order valence-corrected chi connectivity index (χ4v) is 2.94. The van der Waals surface area contributed by atoms with Crippen LogP contribution >= 0.6 is 0 Å². The lowest BCUT2D eigenvalue weighted by Crippen LogP contribution is -2.30. The molecule has 1 atom stereocenters. The monoisotopic (exact) mass is 362 g/mol. The Labute approximate surface area is 148 Å². The van der Waals surface area contributed by atoms with E-state index in [1.54, 1.807) is 31.2 Å². The molecule has 1 amide bonds. The van der Waals surface area contributed by atoms with E-state index >= 15 is 0 Å². The van der Waals surface area contributed by atoms with Gasteiger partial charge in [-0.25, -0.2) is 12.7 Å². The predicted octanol–water partition coefficient (Wildman–Crippen LogP) is 2.65. The first-order chi connectivity index (χ1) is 11.7. The highest BCUT2D eigenvalue weighted by atomic mass is 32.2. The molecule has 6 nitrogen and oxygen atoms in total. The lowest BCUT2D eigenvalue weighted by atomic mass is 10.2. The van der Waals surface area contributed by atoms with Crippen LogP contribution in [0.15, 0.2) is 53.4 Å². The SMILES string of the molecule is Cc1ccc(OC(C)C(=O)Nc2ccc(S(=O)(=O)N(C)C)cc2)cc1. The number of sulfonamides is 1. The average Bonchev–Trinajstić information content (AvgIpc) is 2.57. The van der Waals surface area contributed by atoms with Crippen LogP contribution in [0, 0.1) is 6.92 Å². The Kier molecular flexibility index (Phi) is 5.81. The zero-order chi connectivity index (χ0) is 18.6. The highest BCUT2D eigenvalue weighted by molar-refractivity contribution is 7.89. The Hall–Kier alpha value is -2.38. The van der Waals surface area contributed by atoms with Gasteiger partial charge in [0.2, 0.25) is 10.0 Å². The van der Waals surface area contributed by atoms with Crippen molar-refractivity contribution in [3.63, 3.8) is 0 Å². The summed E-state index contributed by atoms with van der Waals surface area (Å²) in [5.74, 6) is 0.296. The fourth-order valence-electron chi connectivity index (χ4n) is 2.04. The van der Waals surface area contributed by atoms with Gasteiger partial charge < -0.3 is 10.1 Å². The topological polar surface area (TPSA) is 75.7 Å². The molecule has 0 saturated heterocycles. The van der Waals surface area contributed by atoms with Crippen LogP contribution in [0.4, 0.5) is 5.69 Å². The lowest BCUT2D eigenvalue weighted by molar-refractivity contribution is -0.122. The van der Waals surface area contributed by atoms with Gasteiger partial charge in [-0.15, -0.1) is 0 Å². The molecule has 2 rings (SSSR count). The third-order valence-electron chi connectivity index (χ3n) is 3.60. The van der Waals surface area contributed by atoms with Gasteiger partial charge in [0, 0.05) is 19.8 Å². The zero-order valence-electron chi connectivity index (χ0n) is 14.7. The largest absolute Gasteiger partial charge is 0.481 e. The van der Waals surface area contributed by atoms with Crippen LogP contribution in [0.1, 0.15) is 12.5 Å². The quantitative estimate of drug-likeness (QED) is 0.857. The molecule has 0 aliphatic heterocycles. The Morgan fingerprint density at radius 2 is 1.60 bits per heavy atom. The van der Waals surface area contributed by atoms with E-state index in [-0.39, 0.29) is 10.8 Å². The van der Waals surface area contributed by atoms with Gasteiger partial charge in [-0.3, -0.25) is 4.79 Å². The number of ether oxygens (including phenoxy) is 1. The maximum absolute atomic E-state index is 12.2. The van der Waals surface area contributed by atoms with Gasteiger partial charge in [0.1, 0.15) is 5.75 Å². The maximum atomic E-state index is 12.2. The van der Waals surface area contributed by atoms with E-state index in [2.05, 4.69) is 5.32 Å². The smallest absolute Gasteiger partial charge is 0.265 e. The molecule has 25 heavy (non-hydrogen) atoms. The molecule has 0 aliphatic rings. The molecule has 1 unspecified atom stereocenters. The van der Waals surface area contributed by atoms with Crippen LogP contribution in [0.2, 0.25) is 0 Å². The van der Waals surface area contributed by atoms with Crippen molar-refractivity contribution >= 4 is 21.6 Å². The summed E-state index contributed by atoms with van der Waals surface area (Å²) < 4.78 is 30.8. The lowest BCUT2D eigenvalue weighted by Gasteiger charge is -2.15. The second kappa shape index (κ2) is 7.67. The molecule has 0 aliphatic carbocycles. The Balaban J connectivity index is 2.01. The van der Waals surface area contributed by atoms with E-state index in [9.17, 15) is 13.2 Å². The van der Waals surface area contributed by atoms with Gasteiger partial charge in [-0.1, -0.05) is 17.7 Å². The number of benzene rings is 2. The number of rotatable bonds is 6. The van der Waals surface area contributed by atoms with E-state index in [1.165, 1.54) is 26.2 Å². The molecule has 2 aromatic carbocycles. The minimum atomic E-state index is -3.49. The van der Waals surface area contributed by atoms with Crippen LogP contribution in [-0.2, 0) is 14.8 Å². The van der Waals surface area contributed by atoms with Crippen molar-refractivity contribution in [2.24, 2.45) is 0 Å². The van der Waals surface area contributed by atoms with E-state index in [4.69, 9.17) is 4.74 Å². The van der Waals surface area contributed by atoms with Crippen molar-refractivity contribution in [1.29, 1.82) is 0 Å². The molecule has 0 radical (unpaired) electrons. The number of hydrogen-bond acceptors (Lipinski definition) is 4. The molecule has 2 aromatic rings. The molecule has 0 heterocycles. The van der Waals surface area contributed by atoms with Gasteiger partial charge in [-0.2, -0.15) is 0 Å². The number of carbonyl (C=O) groups excluding carboxylic acids is 1. The van der Waals surface area contributed by atoms with E-state index < -0.39 is 16.1 Å². The Morgan fingerprint density at radius 1 is 1.04 bits per heavy atom. The standard InChI is InChI=1S/C18H22N2O4S/c1-13-5-9-16(10-6-13)24-14(2)18(21)19-15-7-11-17(12-8-15)25(22,23)20(3)4/h5-12,14H,1-4H3,(H,19,21). The van der Waals surface area contributed by atoms with Crippen LogP contribution in [-0.4, -0.2) is 38.8 Å². The molecule has 0 saturated carbocycles. The summed E-state index contributed by atoms with van der Waals surface area (Å²) >= 11 is 0. The molecule has 1 N–H and O–H groups in total. The minimum Gasteiger partial charge on any atom is -0.481 e. The van der Waals surface area contributed by atoms with E-state index in [0.717, 1.165) is 9.87 Å². The number of aryl methyl sites for hydroxylation is 1. The number of amides is 1. The second-order valence-electron chi connectivity index (χ2n) is 5.87. The summed E-state index contributed by atoms with van der Waals surface area (Å²) in [4.78, 5) is 12.4. The molecule has 7 heteroatoms. The van der Waals surface area contributed by atoms with E-state index in [0.29, 0.717) is 11.4 Å². The molecule has 0 spiro atoms. The molecule has 0 aromatic heterocycles. The number of nitrogens with zero attached hydrogens (tertiary/aromatic N) is 1. The van der Waals surface area contributed by atoms with Gasteiger partial charge >= 0.3 is 0 Å². The van der Waals surface area contributed by atoms with Crippen LogP contribution in [0.5, 0.6) is 5.75 Å². The van der Waals surface area contributed by atoms with Crippen LogP contribution in [0.25, 0.3) is 0 Å². The maximum Gasteiger partial charge on any atom is 0.265 e. The normalized spacial score (nSPS) is 12.7. The first kappa shape index (κ1) is 19.0. The number of carbonyl (C=O) groups is 1. The molecular weight excluding hydrogens is 340 g/mol. The number of anilines is 1. The fraction of sp³-hybridized carbons (Fsp3) is 0.278. The highest BCUT2D eigenvalue weighted by Gasteiger charge is 2.18. The molecule has 0 fully saturated rings.